The van der Waals surface area contributed by atoms with Crippen molar-refractivity contribution >= 4 is 11.5 Å². The topological polar surface area (TPSA) is 105 Å². The summed E-state index contributed by atoms with van der Waals surface area (Å²) in [6.45, 7) is 4.40. The molecule has 1 aliphatic rings. The number of carbonyl (C=O) groups excluding carboxylic acids is 1. The number of hydrogen-bond donors (Lipinski definition) is 3. The van der Waals surface area contributed by atoms with Crippen LogP contribution in [0.25, 0.3) is 16.7 Å². The van der Waals surface area contributed by atoms with Crippen LogP contribution in [-0.4, -0.2) is 35.0 Å². The van der Waals surface area contributed by atoms with Crippen molar-refractivity contribution in [2.75, 3.05) is 13.7 Å². The third-order valence-corrected chi connectivity index (χ3v) is 6.41. The van der Waals surface area contributed by atoms with Gasteiger partial charge in [0, 0.05) is 0 Å². The fraction of sp³-hybridized carbons (Fsp3) is 0.276. The number of ether oxygens (including phenoxy) is 3. The van der Waals surface area contributed by atoms with Gasteiger partial charge in [-0.15, -0.1) is 0 Å². The van der Waals surface area contributed by atoms with Gasteiger partial charge in [-0.05, 0) is 72.4 Å². The van der Waals surface area contributed by atoms with Gasteiger partial charge in [0.25, 0.3) is 0 Å². The molecule has 4 rings (SSSR count). The molecule has 7 heteroatoms. The molecule has 0 unspecified atom stereocenters. The van der Waals surface area contributed by atoms with Gasteiger partial charge in [0.15, 0.2) is 0 Å². The summed E-state index contributed by atoms with van der Waals surface area (Å²) in [4.78, 5) is 12.4. The number of benzene rings is 3. The van der Waals surface area contributed by atoms with E-state index in [2.05, 4.69) is 0 Å². The van der Waals surface area contributed by atoms with Gasteiger partial charge in [-0.1, -0.05) is 31.2 Å². The minimum Gasteiger partial charge on any atom is -0.507 e. The molecule has 0 aliphatic carbocycles. The summed E-state index contributed by atoms with van der Waals surface area (Å²) in [5, 5.41) is 32.4. The Morgan fingerprint density at radius 2 is 1.72 bits per heavy atom. The minimum atomic E-state index is -0.412. The Labute approximate surface area is 210 Å². The summed E-state index contributed by atoms with van der Waals surface area (Å²) in [7, 11) is 1.62. The predicted molar refractivity (Wildman–Crippen MR) is 136 cm³/mol. The molecule has 0 radical (unpaired) electrons. The monoisotopic (exact) mass is 490 g/mol. The zero-order chi connectivity index (χ0) is 25.8. The first-order chi connectivity index (χ1) is 17.3. The van der Waals surface area contributed by atoms with E-state index in [1.54, 1.807) is 20.1 Å². The Morgan fingerprint density at radius 3 is 2.39 bits per heavy atom. The quantitative estimate of drug-likeness (QED) is 0.225. The summed E-state index contributed by atoms with van der Waals surface area (Å²) < 4.78 is 16.5. The van der Waals surface area contributed by atoms with Crippen LogP contribution in [0.15, 0.2) is 54.6 Å². The highest BCUT2D eigenvalue weighted by atomic mass is 16.5. The third-order valence-electron chi connectivity index (χ3n) is 6.41. The number of esters is 1. The van der Waals surface area contributed by atoms with Gasteiger partial charge < -0.3 is 29.5 Å². The van der Waals surface area contributed by atoms with Gasteiger partial charge >= 0.3 is 5.97 Å². The first kappa shape index (κ1) is 25.1. The molecule has 0 aromatic heterocycles. The average Bonchev–Trinajstić information content (AvgIpc) is 3.01. The van der Waals surface area contributed by atoms with Crippen LogP contribution in [0.3, 0.4) is 0 Å². The smallest absolute Gasteiger partial charge is 0.314 e. The zero-order valence-corrected chi connectivity index (χ0v) is 20.6. The lowest BCUT2D eigenvalue weighted by atomic mass is 9.94. The Bertz CT molecular complexity index is 1270. The normalized spacial score (nSPS) is 15.7. The van der Waals surface area contributed by atoms with Crippen LogP contribution in [0.4, 0.5) is 0 Å². The number of rotatable bonds is 7. The zero-order valence-electron chi connectivity index (χ0n) is 20.6. The van der Waals surface area contributed by atoms with Gasteiger partial charge in [0.2, 0.25) is 0 Å². The lowest BCUT2D eigenvalue weighted by molar-refractivity contribution is -0.138. The molecule has 7 nitrogen and oxygen atoms in total. The molecular formula is C29H30O7. The number of aryl methyl sites for hydroxylation is 1. The molecule has 1 atom stereocenters. The molecule has 0 bridgehead atoms. The number of aromatic hydroxyl groups is 3. The van der Waals surface area contributed by atoms with Crippen LogP contribution >= 0.6 is 0 Å². The highest BCUT2D eigenvalue weighted by molar-refractivity contribution is 5.90. The molecule has 0 saturated carbocycles. The molecule has 0 spiro atoms. The van der Waals surface area contributed by atoms with E-state index in [0.29, 0.717) is 31.6 Å². The standard InChI is InChI=1S/C29H30O7/c1-17(12-13-35-16-19-5-9-22(34-3)10-6-19)21-14-24(31)26(25(32)15-21)27-23(30)11-8-20-7-4-18(2)29(33)36-28(20)27/h5-6,8-12,14-15,18,30-32H,4,7,13,16H2,1-3H3/b17-12+/t18-/m1/s1. The van der Waals surface area contributed by atoms with Crippen molar-refractivity contribution in [3.05, 3.63) is 71.3 Å². The number of phenols is 3. The fourth-order valence-electron chi connectivity index (χ4n) is 4.16. The van der Waals surface area contributed by atoms with Crippen LogP contribution in [0.5, 0.6) is 28.7 Å². The molecule has 0 fully saturated rings. The van der Waals surface area contributed by atoms with Crippen LogP contribution in [0.2, 0.25) is 0 Å². The van der Waals surface area contributed by atoms with Gasteiger partial charge in [-0.25, -0.2) is 0 Å². The van der Waals surface area contributed by atoms with Gasteiger partial charge in [0.1, 0.15) is 28.7 Å². The lowest BCUT2D eigenvalue weighted by Crippen LogP contribution is -2.16. The van der Waals surface area contributed by atoms with E-state index in [1.165, 1.54) is 18.2 Å². The maximum atomic E-state index is 12.4. The fourth-order valence-corrected chi connectivity index (χ4v) is 4.16. The maximum absolute atomic E-state index is 12.4. The molecule has 36 heavy (non-hydrogen) atoms. The molecule has 3 aromatic rings. The number of carbonyl (C=O) groups is 1. The van der Waals surface area contributed by atoms with E-state index in [4.69, 9.17) is 14.2 Å². The Morgan fingerprint density at radius 1 is 1.03 bits per heavy atom. The Kier molecular flexibility index (Phi) is 7.50. The van der Waals surface area contributed by atoms with Crippen molar-refractivity contribution in [2.45, 2.75) is 33.3 Å². The molecule has 3 N–H and O–H groups in total. The highest BCUT2D eigenvalue weighted by Crippen LogP contribution is 2.50. The van der Waals surface area contributed by atoms with E-state index in [9.17, 15) is 20.1 Å². The van der Waals surface area contributed by atoms with Crippen molar-refractivity contribution < 1.29 is 34.3 Å². The number of hydrogen-bond acceptors (Lipinski definition) is 7. The van der Waals surface area contributed by atoms with E-state index in [0.717, 1.165) is 22.4 Å². The molecule has 1 aliphatic heterocycles. The van der Waals surface area contributed by atoms with Gasteiger partial charge in [-0.3, -0.25) is 4.79 Å². The second-order valence-electron chi connectivity index (χ2n) is 8.95. The Hall–Kier alpha value is -3.97. The summed E-state index contributed by atoms with van der Waals surface area (Å²) in [6.07, 6.45) is 3.04. The Balaban J connectivity index is 1.55. The lowest BCUT2D eigenvalue weighted by Gasteiger charge is -2.17. The SMILES string of the molecule is COc1ccc(COC/C=C(\C)c2cc(O)c(-c3c(O)ccc4c3OC(=O)[C@H](C)CC4)c(O)c2)cc1. The van der Waals surface area contributed by atoms with E-state index in [-0.39, 0.29) is 40.0 Å². The van der Waals surface area contributed by atoms with Crippen molar-refractivity contribution in [1.29, 1.82) is 0 Å². The number of methoxy groups -OCH3 is 1. The van der Waals surface area contributed by atoms with Crippen molar-refractivity contribution in [3.8, 4) is 39.9 Å². The predicted octanol–water partition coefficient (Wildman–Crippen LogP) is 5.59. The van der Waals surface area contributed by atoms with Crippen molar-refractivity contribution in [3.63, 3.8) is 0 Å². The number of phenolic OH excluding ortho intramolecular Hbond substituents is 3. The molecule has 3 aromatic carbocycles. The summed E-state index contributed by atoms with van der Waals surface area (Å²) in [6, 6.07) is 13.8. The third kappa shape index (κ3) is 5.31. The molecule has 0 saturated heterocycles. The van der Waals surface area contributed by atoms with E-state index < -0.39 is 5.97 Å². The molecular weight excluding hydrogens is 460 g/mol. The molecule has 188 valence electrons. The summed E-state index contributed by atoms with van der Waals surface area (Å²) >= 11 is 0. The first-order valence-corrected chi connectivity index (χ1v) is 11.8. The van der Waals surface area contributed by atoms with E-state index >= 15 is 0 Å². The first-order valence-electron chi connectivity index (χ1n) is 11.8. The summed E-state index contributed by atoms with van der Waals surface area (Å²) in [5.41, 5.74) is 3.24. The maximum Gasteiger partial charge on any atom is 0.314 e. The molecule has 0 amide bonds. The van der Waals surface area contributed by atoms with Gasteiger partial charge in [-0.2, -0.15) is 0 Å². The minimum absolute atomic E-state index is 0.0130. The van der Waals surface area contributed by atoms with Crippen molar-refractivity contribution in [1.82, 2.24) is 0 Å². The number of allylic oxidation sites excluding steroid dienone is 1. The van der Waals surface area contributed by atoms with Gasteiger partial charge in [0.05, 0.1) is 37.4 Å². The van der Waals surface area contributed by atoms with Crippen LogP contribution in [0.1, 0.15) is 37.0 Å². The second kappa shape index (κ2) is 10.7. The molecule has 1 heterocycles. The van der Waals surface area contributed by atoms with E-state index in [1.807, 2.05) is 37.3 Å². The van der Waals surface area contributed by atoms with Crippen LogP contribution in [-0.2, 0) is 22.6 Å². The second-order valence-corrected chi connectivity index (χ2v) is 8.95. The van der Waals surface area contributed by atoms with Crippen molar-refractivity contribution in [2.24, 2.45) is 5.92 Å². The summed E-state index contributed by atoms with van der Waals surface area (Å²) in [5.74, 6) is -0.440. The van der Waals surface area contributed by atoms with Crippen LogP contribution in [0, 0.1) is 5.92 Å². The number of fused-ring (bicyclic) bond motifs is 1. The average molecular weight is 491 g/mol. The highest BCUT2D eigenvalue weighted by Gasteiger charge is 2.28. The largest absolute Gasteiger partial charge is 0.507 e. The van der Waals surface area contributed by atoms with Crippen LogP contribution < -0.4 is 9.47 Å².